The Kier molecular flexibility index (Phi) is 6.67. The Morgan fingerprint density at radius 2 is 2.05 bits per heavy atom. The quantitative estimate of drug-likeness (QED) is 0.610. The van der Waals surface area contributed by atoms with Crippen LogP contribution in [0.2, 0.25) is 0 Å². The molecular weight excluding hydrogens is 492 g/mol. The fourth-order valence-corrected chi connectivity index (χ4v) is 6.50. The van der Waals surface area contributed by atoms with E-state index in [0.717, 1.165) is 43.8 Å². The normalized spacial score (nSPS) is 30.3. The van der Waals surface area contributed by atoms with Crippen molar-refractivity contribution in [1.82, 2.24) is 34.9 Å². The van der Waals surface area contributed by atoms with Crippen LogP contribution < -0.4 is 5.32 Å². The predicted octanol–water partition coefficient (Wildman–Crippen LogP) is 2.51. The SMILES string of the molecule is CC1CC2C(=N1)NC=NC2c1cnn(C2(CC#N)CC(N3CCN(C(=O)c4ccnc(C(C)C)n4)CC3)C2)c1. The lowest BCUT2D eigenvalue weighted by molar-refractivity contribution is -0.0159. The number of aliphatic imine (C=N–C) groups is 2. The maximum atomic E-state index is 13.1. The lowest BCUT2D eigenvalue weighted by atomic mass is 9.70. The molecule has 0 spiro atoms. The molecule has 11 heteroatoms. The molecule has 3 atom stereocenters. The number of nitriles is 1. The lowest BCUT2D eigenvalue weighted by Crippen LogP contribution is -2.60. The molecule has 0 aromatic carbocycles. The van der Waals surface area contributed by atoms with Crippen molar-refractivity contribution in [3.63, 3.8) is 0 Å². The number of carbonyl (C=O) groups excluding carboxylic acids is 1. The van der Waals surface area contributed by atoms with Crippen LogP contribution in [0.15, 0.2) is 34.6 Å². The Balaban J connectivity index is 1.08. The van der Waals surface area contributed by atoms with Crippen LogP contribution in [0.5, 0.6) is 0 Å². The van der Waals surface area contributed by atoms with Crippen molar-refractivity contribution >= 4 is 18.1 Å². The van der Waals surface area contributed by atoms with Gasteiger partial charge in [-0.1, -0.05) is 13.8 Å². The monoisotopic (exact) mass is 528 g/mol. The number of nitrogens with one attached hydrogen (secondary N) is 1. The third-order valence-corrected chi connectivity index (χ3v) is 8.73. The first-order valence-corrected chi connectivity index (χ1v) is 14.0. The topological polar surface area (TPSA) is 128 Å². The number of amidine groups is 1. The molecule has 5 heterocycles. The zero-order valence-electron chi connectivity index (χ0n) is 22.9. The van der Waals surface area contributed by atoms with Gasteiger partial charge in [-0.05, 0) is 32.3 Å². The summed E-state index contributed by atoms with van der Waals surface area (Å²) in [5, 5.41) is 17.6. The van der Waals surface area contributed by atoms with E-state index in [1.54, 1.807) is 18.6 Å². The van der Waals surface area contributed by atoms with E-state index in [1.165, 1.54) is 0 Å². The summed E-state index contributed by atoms with van der Waals surface area (Å²) in [5.74, 6) is 2.12. The van der Waals surface area contributed by atoms with Gasteiger partial charge in [-0.3, -0.25) is 24.4 Å². The minimum absolute atomic E-state index is 0.0100. The zero-order chi connectivity index (χ0) is 27.1. The van der Waals surface area contributed by atoms with Gasteiger partial charge in [0.2, 0.25) is 0 Å². The van der Waals surface area contributed by atoms with Gasteiger partial charge in [-0.25, -0.2) is 9.97 Å². The van der Waals surface area contributed by atoms with Crippen molar-refractivity contribution in [3.05, 3.63) is 41.7 Å². The molecule has 1 N–H and O–H groups in total. The van der Waals surface area contributed by atoms with Crippen LogP contribution >= 0.6 is 0 Å². The fourth-order valence-electron chi connectivity index (χ4n) is 6.50. The average Bonchev–Trinajstić information content (AvgIpc) is 3.57. The van der Waals surface area contributed by atoms with Crippen LogP contribution in [0, 0.1) is 17.2 Å². The number of fused-ring (bicyclic) bond motifs is 1. The number of carbonyl (C=O) groups is 1. The molecule has 2 aromatic rings. The highest BCUT2D eigenvalue weighted by Crippen LogP contribution is 2.45. The highest BCUT2D eigenvalue weighted by atomic mass is 16.2. The summed E-state index contributed by atoms with van der Waals surface area (Å²) in [6, 6.07) is 4.80. The molecule has 1 aliphatic carbocycles. The molecule has 1 amide bonds. The molecule has 0 radical (unpaired) electrons. The molecular formula is C28H36N10O. The number of piperazine rings is 1. The Morgan fingerprint density at radius 3 is 2.79 bits per heavy atom. The number of nitrogens with zero attached hydrogens (tertiary/aromatic N) is 9. The zero-order valence-corrected chi connectivity index (χ0v) is 22.9. The lowest BCUT2D eigenvalue weighted by Gasteiger charge is -2.52. The maximum absolute atomic E-state index is 13.1. The first-order valence-electron chi connectivity index (χ1n) is 14.0. The molecule has 1 saturated heterocycles. The highest BCUT2D eigenvalue weighted by Gasteiger charge is 2.49. The molecule has 0 bridgehead atoms. The van der Waals surface area contributed by atoms with Crippen molar-refractivity contribution in [2.24, 2.45) is 15.9 Å². The van der Waals surface area contributed by atoms with E-state index in [1.807, 2.05) is 29.6 Å². The minimum atomic E-state index is -0.296. The van der Waals surface area contributed by atoms with Gasteiger partial charge in [0.1, 0.15) is 17.4 Å². The predicted molar refractivity (Wildman–Crippen MR) is 146 cm³/mol. The Hall–Kier alpha value is -3.65. The number of hydrogen-bond acceptors (Lipinski definition) is 9. The van der Waals surface area contributed by atoms with Crippen LogP contribution in [0.3, 0.4) is 0 Å². The average molecular weight is 529 g/mol. The van der Waals surface area contributed by atoms with Crippen molar-refractivity contribution in [3.8, 4) is 6.07 Å². The third kappa shape index (κ3) is 4.71. The van der Waals surface area contributed by atoms with E-state index < -0.39 is 0 Å². The van der Waals surface area contributed by atoms with E-state index in [0.29, 0.717) is 43.1 Å². The van der Waals surface area contributed by atoms with Crippen molar-refractivity contribution in [1.29, 1.82) is 5.26 Å². The summed E-state index contributed by atoms with van der Waals surface area (Å²) in [6.07, 6.45) is 10.6. The van der Waals surface area contributed by atoms with Gasteiger partial charge >= 0.3 is 0 Å². The molecule has 3 aliphatic heterocycles. The molecule has 11 nitrogen and oxygen atoms in total. The smallest absolute Gasteiger partial charge is 0.272 e. The van der Waals surface area contributed by atoms with E-state index in [-0.39, 0.29) is 29.3 Å². The van der Waals surface area contributed by atoms with Gasteiger partial charge in [0.25, 0.3) is 5.91 Å². The number of rotatable bonds is 6. The van der Waals surface area contributed by atoms with Crippen LogP contribution in [0.4, 0.5) is 0 Å². The van der Waals surface area contributed by atoms with E-state index in [2.05, 4.69) is 39.4 Å². The second-order valence-electron chi connectivity index (χ2n) is 11.7. The Morgan fingerprint density at radius 1 is 1.26 bits per heavy atom. The van der Waals surface area contributed by atoms with Crippen molar-refractivity contribution < 1.29 is 4.79 Å². The van der Waals surface area contributed by atoms with Crippen LogP contribution in [-0.4, -0.2) is 85.9 Å². The number of amides is 1. The molecule has 204 valence electrons. The summed E-state index contributed by atoms with van der Waals surface area (Å²) in [4.78, 5) is 35.6. The first kappa shape index (κ1) is 25.6. The summed E-state index contributed by atoms with van der Waals surface area (Å²) in [5.41, 5.74) is 1.25. The Labute approximate surface area is 229 Å². The third-order valence-electron chi connectivity index (χ3n) is 8.73. The highest BCUT2D eigenvalue weighted by molar-refractivity contribution is 5.97. The summed E-state index contributed by atoms with van der Waals surface area (Å²) in [6.45, 7) is 9.17. The second-order valence-corrected chi connectivity index (χ2v) is 11.7. The molecule has 1 saturated carbocycles. The summed E-state index contributed by atoms with van der Waals surface area (Å²) in [7, 11) is 0. The van der Waals surface area contributed by atoms with Gasteiger partial charge in [0.05, 0.1) is 36.6 Å². The molecule has 4 aliphatic rings. The second kappa shape index (κ2) is 10.2. The maximum Gasteiger partial charge on any atom is 0.272 e. The van der Waals surface area contributed by atoms with E-state index >= 15 is 0 Å². The summed E-state index contributed by atoms with van der Waals surface area (Å²) < 4.78 is 2.02. The van der Waals surface area contributed by atoms with Gasteiger partial charge in [-0.15, -0.1) is 0 Å². The number of aromatic nitrogens is 4. The van der Waals surface area contributed by atoms with Gasteiger partial charge in [0, 0.05) is 68.1 Å². The molecule has 3 unspecified atom stereocenters. The molecule has 2 fully saturated rings. The van der Waals surface area contributed by atoms with Crippen LogP contribution in [0.1, 0.15) is 80.3 Å². The van der Waals surface area contributed by atoms with Gasteiger partial charge in [0.15, 0.2) is 0 Å². The van der Waals surface area contributed by atoms with Crippen LogP contribution in [0.25, 0.3) is 0 Å². The largest absolute Gasteiger partial charge is 0.335 e. The van der Waals surface area contributed by atoms with E-state index in [4.69, 9.17) is 15.1 Å². The molecule has 2 aromatic heterocycles. The summed E-state index contributed by atoms with van der Waals surface area (Å²) >= 11 is 0. The fraction of sp³-hybridized carbons (Fsp3) is 0.607. The molecule has 6 rings (SSSR count). The van der Waals surface area contributed by atoms with Crippen LogP contribution in [-0.2, 0) is 5.54 Å². The van der Waals surface area contributed by atoms with Gasteiger partial charge < -0.3 is 10.2 Å². The number of hydrogen-bond donors (Lipinski definition) is 1. The molecule has 39 heavy (non-hydrogen) atoms. The van der Waals surface area contributed by atoms with Gasteiger partial charge in [-0.2, -0.15) is 10.4 Å². The first-order chi connectivity index (χ1) is 18.9. The van der Waals surface area contributed by atoms with E-state index in [9.17, 15) is 10.1 Å². The van der Waals surface area contributed by atoms with Crippen molar-refractivity contribution in [2.45, 2.75) is 76.0 Å². The standard InChI is InChI=1S/C28H36N10O/c1-18(2)25-30-7-4-23(35-25)27(39)37-10-8-36(9-11-37)21-13-28(14-21,5-6-29)38-16-20(15-33-38)24-22-12-19(3)34-26(22)32-17-31-24/h4,7,15-19,21-22,24H,5,8-14H2,1-3H3,(H,31,32,34). The van der Waals surface area contributed by atoms with Crippen molar-refractivity contribution in [2.75, 3.05) is 26.2 Å². The Bertz CT molecular complexity index is 1330. The minimum Gasteiger partial charge on any atom is -0.335 e.